The number of carbonyl (C=O) groups excluding carboxylic acids is 3. The molecule has 0 bridgehead atoms. The summed E-state index contributed by atoms with van der Waals surface area (Å²) in [6.07, 6.45) is 0.237. The quantitative estimate of drug-likeness (QED) is 0.448. The summed E-state index contributed by atoms with van der Waals surface area (Å²) in [5, 5.41) is 4.36. The van der Waals surface area contributed by atoms with Gasteiger partial charge in [-0.3, -0.25) is 14.4 Å². The van der Waals surface area contributed by atoms with Gasteiger partial charge in [-0.15, -0.1) is 34.7 Å². The van der Waals surface area contributed by atoms with Crippen LogP contribution in [0, 0.1) is 0 Å². The van der Waals surface area contributed by atoms with E-state index in [1.807, 2.05) is 24.4 Å². The predicted octanol–water partition coefficient (Wildman–Crippen LogP) is 0.663. The second-order valence-electron chi connectivity index (χ2n) is 5.70. The summed E-state index contributed by atoms with van der Waals surface area (Å²) < 4.78 is 4.84. The zero-order chi connectivity index (χ0) is 18.1. The summed E-state index contributed by atoms with van der Waals surface area (Å²) in [5.41, 5.74) is 0.673. The monoisotopic (exact) mass is 398 g/mol. The highest BCUT2D eigenvalue weighted by molar-refractivity contribution is 8.03. The van der Waals surface area contributed by atoms with Crippen molar-refractivity contribution in [3.63, 3.8) is 0 Å². The first-order valence-electron chi connectivity index (χ1n) is 7.62. The summed E-state index contributed by atoms with van der Waals surface area (Å²) >= 11 is 8.91. The Morgan fingerprint density at radius 1 is 1.48 bits per heavy atom. The van der Waals surface area contributed by atoms with E-state index in [-0.39, 0.29) is 29.5 Å². The molecule has 0 aliphatic carbocycles. The van der Waals surface area contributed by atoms with E-state index in [0.29, 0.717) is 5.57 Å². The molecule has 25 heavy (non-hydrogen) atoms. The standard InChI is InChI=1S/C15H16BClN2O4S2/c1-7-9(6-17)12(15(22)23-16)19-13(21)11(14(19)25-7)18-10(20)5-8-3-2-4-24-8/h2-4,11-12,14H,5-6,16H2,1H3,(H,18,20)/t11-,12?,14-/m1/s1. The fourth-order valence-electron chi connectivity index (χ4n) is 2.97. The Kier molecular flexibility index (Phi) is 5.45. The van der Waals surface area contributed by atoms with Crippen LogP contribution in [0.4, 0.5) is 0 Å². The number of amides is 2. The largest absolute Gasteiger partial charge is 0.542 e. The number of thioether (sulfide) groups is 1. The number of rotatable bonds is 5. The summed E-state index contributed by atoms with van der Waals surface area (Å²) in [7, 11) is 1.28. The summed E-state index contributed by atoms with van der Waals surface area (Å²) in [6.45, 7) is 1.86. The third-order valence-corrected chi connectivity index (χ3v) is 6.76. The maximum absolute atomic E-state index is 12.6. The molecule has 1 aromatic heterocycles. The highest BCUT2D eigenvalue weighted by Gasteiger charge is 2.56. The molecule has 1 saturated heterocycles. The molecule has 3 heterocycles. The summed E-state index contributed by atoms with van der Waals surface area (Å²) in [6, 6.07) is 2.30. The third-order valence-electron chi connectivity index (χ3n) is 4.24. The molecule has 1 aromatic rings. The highest BCUT2D eigenvalue weighted by Crippen LogP contribution is 2.44. The van der Waals surface area contributed by atoms with Crippen LogP contribution in [0.15, 0.2) is 28.0 Å². The number of nitrogens with one attached hydrogen (secondary N) is 1. The third kappa shape index (κ3) is 3.32. The van der Waals surface area contributed by atoms with Gasteiger partial charge in [-0.1, -0.05) is 6.07 Å². The van der Waals surface area contributed by atoms with Crippen molar-refractivity contribution in [1.29, 1.82) is 0 Å². The van der Waals surface area contributed by atoms with E-state index in [2.05, 4.69) is 5.32 Å². The second-order valence-corrected chi connectivity index (χ2v) is 8.33. The van der Waals surface area contributed by atoms with Gasteiger partial charge >= 0.3 is 14.0 Å². The molecule has 2 aliphatic rings. The normalized spacial score (nSPS) is 25.3. The lowest BCUT2D eigenvalue weighted by molar-refractivity contribution is -0.158. The minimum Gasteiger partial charge on any atom is -0.542 e. The molecular weight excluding hydrogens is 383 g/mol. The number of fused-ring (bicyclic) bond motifs is 1. The number of alkyl halides is 1. The molecule has 6 nitrogen and oxygen atoms in total. The van der Waals surface area contributed by atoms with Gasteiger partial charge in [0.1, 0.15) is 11.4 Å². The van der Waals surface area contributed by atoms with Gasteiger partial charge in [0.2, 0.25) is 11.8 Å². The van der Waals surface area contributed by atoms with Gasteiger partial charge in [0.15, 0.2) is 6.04 Å². The van der Waals surface area contributed by atoms with Gasteiger partial charge in [-0.2, -0.15) is 0 Å². The Hall–Kier alpha value is -1.45. The van der Waals surface area contributed by atoms with E-state index in [9.17, 15) is 14.4 Å². The molecule has 2 amide bonds. The van der Waals surface area contributed by atoms with Crippen molar-refractivity contribution in [3.8, 4) is 0 Å². The first-order chi connectivity index (χ1) is 12.0. The lowest BCUT2D eigenvalue weighted by Gasteiger charge is -2.52. The van der Waals surface area contributed by atoms with Crippen molar-refractivity contribution in [2.24, 2.45) is 0 Å². The fourth-order valence-corrected chi connectivity index (χ4v) is 5.45. The van der Waals surface area contributed by atoms with Crippen LogP contribution in [0.2, 0.25) is 0 Å². The molecular formula is C15H16BClN2O4S2. The van der Waals surface area contributed by atoms with Crippen molar-refractivity contribution in [1.82, 2.24) is 10.2 Å². The molecule has 132 valence electrons. The van der Waals surface area contributed by atoms with Gasteiger partial charge in [-0.05, 0) is 28.8 Å². The number of β-lactam (4-membered cyclic amide) rings is 1. The van der Waals surface area contributed by atoms with Crippen LogP contribution in [0.25, 0.3) is 0 Å². The van der Waals surface area contributed by atoms with E-state index < -0.39 is 18.1 Å². The Labute approximate surface area is 159 Å². The van der Waals surface area contributed by atoms with Crippen molar-refractivity contribution in [2.45, 2.75) is 30.8 Å². The van der Waals surface area contributed by atoms with Crippen LogP contribution in [0.5, 0.6) is 0 Å². The maximum atomic E-state index is 12.6. The van der Waals surface area contributed by atoms with Gasteiger partial charge in [0.25, 0.3) is 0 Å². The molecule has 0 spiro atoms. The molecule has 3 atom stereocenters. The van der Waals surface area contributed by atoms with Crippen molar-refractivity contribution in [3.05, 3.63) is 32.9 Å². The van der Waals surface area contributed by atoms with Crippen LogP contribution in [0.1, 0.15) is 11.8 Å². The number of halogens is 1. The lowest BCUT2D eigenvalue weighted by Crippen LogP contribution is -2.74. The van der Waals surface area contributed by atoms with E-state index >= 15 is 0 Å². The van der Waals surface area contributed by atoms with Gasteiger partial charge in [0.05, 0.1) is 6.42 Å². The Morgan fingerprint density at radius 3 is 2.84 bits per heavy atom. The topological polar surface area (TPSA) is 75.7 Å². The smallest absolute Gasteiger partial charge is 0.326 e. The number of nitrogens with zero attached hydrogens (tertiary/aromatic N) is 1. The first kappa shape index (κ1) is 18.3. The molecule has 1 fully saturated rings. The first-order valence-corrected chi connectivity index (χ1v) is 9.91. The fraction of sp³-hybridized carbons (Fsp3) is 0.400. The van der Waals surface area contributed by atoms with Crippen LogP contribution in [-0.4, -0.2) is 54.1 Å². The maximum Gasteiger partial charge on any atom is 0.326 e. The number of hydrogen-bond donors (Lipinski definition) is 1. The number of thiophene rings is 1. The predicted molar refractivity (Wildman–Crippen MR) is 100 cm³/mol. The molecule has 3 rings (SSSR count). The van der Waals surface area contributed by atoms with E-state index in [0.717, 1.165) is 9.78 Å². The zero-order valence-corrected chi connectivity index (χ0v) is 16.0. The van der Waals surface area contributed by atoms with Gasteiger partial charge in [-0.25, -0.2) is 0 Å². The molecule has 1 N–H and O–H groups in total. The van der Waals surface area contributed by atoms with Crippen LogP contribution in [0.3, 0.4) is 0 Å². The molecule has 0 aromatic carbocycles. The minimum absolute atomic E-state index is 0.143. The molecule has 2 aliphatic heterocycles. The minimum atomic E-state index is -0.813. The highest BCUT2D eigenvalue weighted by atomic mass is 35.5. The van der Waals surface area contributed by atoms with E-state index in [1.54, 1.807) is 0 Å². The Bertz CT molecular complexity index is 740. The van der Waals surface area contributed by atoms with Crippen molar-refractivity contribution in [2.75, 3.05) is 5.88 Å². The number of carbonyl (C=O) groups is 3. The molecule has 1 unspecified atom stereocenters. The van der Waals surface area contributed by atoms with Gasteiger partial charge < -0.3 is 14.9 Å². The van der Waals surface area contributed by atoms with Crippen LogP contribution < -0.4 is 5.32 Å². The van der Waals surface area contributed by atoms with E-state index in [1.165, 1.54) is 36.0 Å². The van der Waals surface area contributed by atoms with E-state index in [4.69, 9.17) is 16.3 Å². The molecule has 0 saturated carbocycles. The van der Waals surface area contributed by atoms with Crippen LogP contribution in [-0.2, 0) is 25.5 Å². The number of allylic oxidation sites excluding steroid dienone is 1. The summed E-state index contributed by atoms with van der Waals surface area (Å²) in [5.74, 6) is -0.871. The molecule has 10 heteroatoms. The average Bonchev–Trinajstić information content (AvgIpc) is 3.10. The SMILES string of the molecule is BOC(=O)C1C(CCl)=C(C)S[C@@H]2[C@H](NC(=O)Cc3cccs3)C(=O)N12. The second kappa shape index (κ2) is 7.43. The van der Waals surface area contributed by atoms with Gasteiger partial charge in [0, 0.05) is 10.8 Å². The van der Waals surface area contributed by atoms with Crippen molar-refractivity contribution >= 4 is 60.5 Å². The number of hydrogen-bond acceptors (Lipinski definition) is 6. The average molecular weight is 399 g/mol. The summed E-state index contributed by atoms with van der Waals surface area (Å²) in [4.78, 5) is 40.2. The van der Waals surface area contributed by atoms with Crippen LogP contribution >= 0.6 is 34.7 Å². The Morgan fingerprint density at radius 2 is 2.24 bits per heavy atom. The zero-order valence-electron chi connectivity index (χ0n) is 13.7. The lowest BCUT2D eigenvalue weighted by atomic mass is 9.97. The van der Waals surface area contributed by atoms with Crippen molar-refractivity contribution < 1.29 is 19.0 Å². The Balaban J connectivity index is 1.75. The molecule has 0 radical (unpaired) electrons.